The molecule has 146 valence electrons. The first-order valence-electron chi connectivity index (χ1n) is 8.60. The van der Waals surface area contributed by atoms with Gasteiger partial charge in [0.1, 0.15) is 5.82 Å². The van der Waals surface area contributed by atoms with Crippen LogP contribution < -0.4 is 11.1 Å². The van der Waals surface area contributed by atoms with Crippen LogP contribution in [0.5, 0.6) is 0 Å². The van der Waals surface area contributed by atoms with Crippen LogP contribution in [-0.2, 0) is 10.8 Å². The zero-order chi connectivity index (χ0) is 20.3. The number of hydrogen-bond acceptors (Lipinski definition) is 6. The van der Waals surface area contributed by atoms with Crippen LogP contribution in [0.25, 0.3) is 11.3 Å². The third-order valence-corrected chi connectivity index (χ3v) is 5.71. The van der Waals surface area contributed by atoms with Gasteiger partial charge in [0.2, 0.25) is 5.95 Å². The largest absolute Gasteiger partial charge is 0.387 e. The van der Waals surface area contributed by atoms with Gasteiger partial charge in [0.25, 0.3) is 0 Å². The van der Waals surface area contributed by atoms with E-state index in [9.17, 15) is 9.32 Å². The topological polar surface area (TPSA) is 101 Å². The number of aliphatic hydroxyl groups excluding tert-OH is 1. The van der Waals surface area contributed by atoms with E-state index in [1.54, 1.807) is 36.6 Å². The zero-order valence-electron chi connectivity index (χ0n) is 15.5. The first kappa shape index (κ1) is 20.3. The molecule has 1 heterocycles. The van der Waals surface area contributed by atoms with Crippen molar-refractivity contribution in [1.29, 1.82) is 0 Å². The molecule has 3 rings (SSSR count). The van der Waals surface area contributed by atoms with Crippen LogP contribution in [0.1, 0.15) is 17.2 Å². The smallest absolute Gasteiger partial charge is 0.222 e. The van der Waals surface area contributed by atoms with Gasteiger partial charge in [-0.05, 0) is 36.2 Å². The number of hydrogen-bond donors (Lipinski definition) is 3. The Labute approximate surface area is 171 Å². The Bertz CT molecular complexity index is 1010. The van der Waals surface area contributed by atoms with Crippen LogP contribution >= 0.6 is 11.6 Å². The molecule has 2 atom stereocenters. The van der Waals surface area contributed by atoms with E-state index in [1.807, 2.05) is 25.1 Å². The lowest BCUT2D eigenvalue weighted by Gasteiger charge is -2.14. The van der Waals surface area contributed by atoms with E-state index < -0.39 is 16.9 Å². The molecule has 0 saturated carbocycles. The fraction of sp³-hybridized carbons (Fsp3) is 0.200. The molecule has 0 fully saturated rings. The Balaban J connectivity index is 1.76. The van der Waals surface area contributed by atoms with Gasteiger partial charge in [0.15, 0.2) is 0 Å². The Hall–Kier alpha value is -2.48. The second-order valence-corrected chi connectivity index (χ2v) is 8.12. The summed E-state index contributed by atoms with van der Waals surface area (Å²) in [6.45, 7) is 2.15. The van der Waals surface area contributed by atoms with Gasteiger partial charge in [-0.1, -0.05) is 35.9 Å². The van der Waals surface area contributed by atoms with Gasteiger partial charge in [-0.25, -0.2) is 4.98 Å². The summed E-state index contributed by atoms with van der Waals surface area (Å²) >= 11 is 6.20. The van der Waals surface area contributed by atoms with E-state index in [0.717, 1.165) is 16.7 Å². The fourth-order valence-electron chi connectivity index (χ4n) is 2.78. The van der Waals surface area contributed by atoms with Gasteiger partial charge in [0.05, 0.1) is 11.8 Å². The average Bonchev–Trinajstić information content (AvgIpc) is 2.68. The lowest BCUT2D eigenvalue weighted by atomic mass is 10.1. The van der Waals surface area contributed by atoms with E-state index in [4.69, 9.17) is 17.3 Å². The van der Waals surface area contributed by atoms with E-state index in [0.29, 0.717) is 21.4 Å². The summed E-state index contributed by atoms with van der Waals surface area (Å²) in [5.41, 5.74) is 9.00. The van der Waals surface area contributed by atoms with Crippen LogP contribution in [0.15, 0.2) is 53.4 Å². The van der Waals surface area contributed by atoms with Crippen LogP contribution in [0.2, 0.25) is 5.02 Å². The molecule has 0 bridgehead atoms. The van der Waals surface area contributed by atoms with E-state index >= 15 is 0 Å². The molecule has 0 aliphatic rings. The highest BCUT2D eigenvalue weighted by Crippen LogP contribution is 2.28. The molecule has 0 radical (unpaired) electrons. The van der Waals surface area contributed by atoms with Crippen molar-refractivity contribution in [2.45, 2.75) is 17.9 Å². The van der Waals surface area contributed by atoms with Gasteiger partial charge >= 0.3 is 0 Å². The van der Waals surface area contributed by atoms with Gasteiger partial charge in [-0.15, -0.1) is 0 Å². The molecule has 1 aromatic heterocycles. The summed E-state index contributed by atoms with van der Waals surface area (Å²) in [4.78, 5) is 9.20. The molecule has 6 nitrogen and oxygen atoms in total. The molecule has 0 aliphatic carbocycles. The van der Waals surface area contributed by atoms with Crippen molar-refractivity contribution < 1.29 is 9.32 Å². The minimum atomic E-state index is -1.05. The molecule has 0 aliphatic heterocycles. The van der Waals surface area contributed by atoms with Crippen molar-refractivity contribution in [1.82, 2.24) is 9.97 Å². The maximum absolute atomic E-state index is 11.5. The van der Waals surface area contributed by atoms with Crippen molar-refractivity contribution in [3.63, 3.8) is 0 Å². The van der Waals surface area contributed by atoms with Crippen molar-refractivity contribution in [3.05, 3.63) is 64.7 Å². The van der Waals surface area contributed by atoms with Crippen molar-refractivity contribution in [2.75, 3.05) is 23.9 Å². The number of aromatic nitrogens is 2. The summed E-state index contributed by atoms with van der Waals surface area (Å²) in [6, 6.07) is 14.4. The lowest BCUT2D eigenvalue weighted by molar-refractivity contribution is 0.191. The second-order valence-electron chi connectivity index (χ2n) is 6.33. The summed E-state index contributed by atoms with van der Waals surface area (Å²) in [5, 5.41) is 14.2. The first-order chi connectivity index (χ1) is 13.3. The monoisotopic (exact) mass is 416 g/mol. The van der Waals surface area contributed by atoms with Gasteiger partial charge in [0, 0.05) is 45.1 Å². The third-order valence-electron chi connectivity index (χ3n) is 4.36. The summed E-state index contributed by atoms with van der Waals surface area (Å²) in [6.07, 6.45) is 0.859. The number of nitrogens with two attached hydrogens (primary N) is 1. The van der Waals surface area contributed by atoms with Crippen LogP contribution in [-0.4, -0.2) is 32.1 Å². The molecular weight excluding hydrogens is 396 g/mol. The number of aliphatic hydroxyl groups is 1. The predicted octanol–water partition coefficient (Wildman–Crippen LogP) is 3.57. The maximum atomic E-state index is 11.5. The lowest BCUT2D eigenvalue weighted by Crippen LogP contribution is -2.14. The maximum Gasteiger partial charge on any atom is 0.222 e. The van der Waals surface area contributed by atoms with Crippen LogP contribution in [0.3, 0.4) is 0 Å². The molecule has 0 amide bonds. The molecule has 28 heavy (non-hydrogen) atoms. The van der Waals surface area contributed by atoms with Gasteiger partial charge in [-0.2, -0.15) is 4.98 Å². The Kier molecular flexibility index (Phi) is 6.28. The second kappa shape index (κ2) is 8.68. The zero-order valence-corrected chi connectivity index (χ0v) is 17.1. The number of nitrogen functional groups attached to an aromatic ring is 1. The first-order valence-corrected chi connectivity index (χ1v) is 10.5. The number of nitrogens with zero attached hydrogens (tertiary/aromatic N) is 2. The van der Waals surface area contributed by atoms with E-state index in [-0.39, 0.29) is 12.5 Å². The van der Waals surface area contributed by atoms with Crippen molar-refractivity contribution in [2.24, 2.45) is 0 Å². The molecule has 0 saturated heterocycles. The average molecular weight is 417 g/mol. The molecule has 2 unspecified atom stereocenters. The molecule has 3 aromatic rings. The fourth-order valence-corrected chi connectivity index (χ4v) is 3.47. The van der Waals surface area contributed by atoms with Crippen molar-refractivity contribution in [3.8, 4) is 11.3 Å². The summed E-state index contributed by atoms with van der Waals surface area (Å²) in [5.74, 6) is 0.635. The van der Waals surface area contributed by atoms with Crippen molar-refractivity contribution >= 4 is 34.2 Å². The number of halogens is 1. The number of anilines is 2. The molecule has 2 aromatic carbocycles. The van der Waals surface area contributed by atoms with Gasteiger partial charge in [-0.3, -0.25) is 4.21 Å². The highest BCUT2D eigenvalue weighted by atomic mass is 35.5. The Morgan fingerprint density at radius 1 is 1.21 bits per heavy atom. The van der Waals surface area contributed by atoms with Crippen LogP contribution in [0, 0.1) is 6.92 Å². The predicted molar refractivity (Wildman–Crippen MR) is 114 cm³/mol. The van der Waals surface area contributed by atoms with E-state index in [2.05, 4.69) is 15.3 Å². The minimum Gasteiger partial charge on any atom is -0.387 e. The Morgan fingerprint density at radius 2 is 1.93 bits per heavy atom. The Morgan fingerprint density at radius 3 is 2.61 bits per heavy atom. The SMILES string of the molecule is Cc1c(Cl)cccc1-c1cc(NCC(O)c2ccc(S(C)=O)cc2)nc(N)n1. The molecule has 4 N–H and O–H groups in total. The number of nitrogens with one attached hydrogen (secondary N) is 1. The molecular formula is C20H21ClN4O2S. The summed E-state index contributed by atoms with van der Waals surface area (Å²) in [7, 11) is -1.05. The third kappa shape index (κ3) is 4.67. The number of rotatable bonds is 6. The molecule has 0 spiro atoms. The normalized spacial score (nSPS) is 13.1. The highest BCUT2D eigenvalue weighted by Gasteiger charge is 2.12. The standard InChI is InChI=1S/C20H21ClN4O2S/c1-12-15(4-3-5-16(12)21)17-10-19(25-20(22)24-17)23-11-18(26)13-6-8-14(9-7-13)28(2)27/h3-10,18,26H,11H2,1-2H3,(H3,22,23,24,25). The highest BCUT2D eigenvalue weighted by molar-refractivity contribution is 7.84. The van der Waals surface area contributed by atoms with Gasteiger partial charge < -0.3 is 16.2 Å². The number of benzene rings is 2. The summed E-state index contributed by atoms with van der Waals surface area (Å²) < 4.78 is 11.5. The minimum absolute atomic E-state index is 0.128. The van der Waals surface area contributed by atoms with Crippen LogP contribution in [0.4, 0.5) is 11.8 Å². The molecule has 8 heteroatoms. The van der Waals surface area contributed by atoms with E-state index in [1.165, 1.54) is 0 Å². The quantitative estimate of drug-likeness (QED) is 0.567.